The lowest BCUT2D eigenvalue weighted by molar-refractivity contribution is 0.413. The molecule has 0 aliphatic carbocycles. The minimum Gasteiger partial charge on any atom is -0.497 e. The smallest absolute Gasteiger partial charge is 0.181 e. The number of methoxy groups -OCH3 is 1. The van der Waals surface area contributed by atoms with Gasteiger partial charge in [-0.15, -0.1) is 0 Å². The predicted molar refractivity (Wildman–Crippen MR) is 78.4 cm³/mol. The van der Waals surface area contributed by atoms with Crippen LogP contribution in [0.25, 0.3) is 0 Å². The van der Waals surface area contributed by atoms with Gasteiger partial charge in [0.25, 0.3) is 0 Å². The maximum absolute atomic E-state index is 12.2. The average molecular weight is 321 g/mol. The summed E-state index contributed by atoms with van der Waals surface area (Å²) >= 11 is 0. The lowest BCUT2D eigenvalue weighted by atomic mass is 10.3. The molecule has 0 aliphatic rings. The molecule has 0 fully saturated rings. The van der Waals surface area contributed by atoms with Crippen LogP contribution in [0.15, 0.2) is 23.1 Å². The minimum absolute atomic E-state index is 0.0766. The summed E-state index contributed by atoms with van der Waals surface area (Å²) in [7, 11) is -5.79. The summed E-state index contributed by atoms with van der Waals surface area (Å²) in [6.45, 7) is 3.03. The van der Waals surface area contributed by atoms with Gasteiger partial charge in [-0.2, -0.15) is 0 Å². The van der Waals surface area contributed by atoms with Crippen molar-refractivity contribution in [3.05, 3.63) is 18.2 Å². The summed E-state index contributed by atoms with van der Waals surface area (Å²) in [5.74, 6) is -0.571. The van der Waals surface area contributed by atoms with Crippen LogP contribution in [0, 0.1) is 0 Å². The molecule has 0 amide bonds. The van der Waals surface area contributed by atoms with E-state index in [9.17, 15) is 16.8 Å². The van der Waals surface area contributed by atoms with Crippen molar-refractivity contribution in [2.75, 3.05) is 24.3 Å². The first-order chi connectivity index (χ1) is 9.10. The van der Waals surface area contributed by atoms with Crippen LogP contribution in [0.5, 0.6) is 5.75 Å². The summed E-state index contributed by atoms with van der Waals surface area (Å²) in [5, 5.41) is -0.611. The van der Waals surface area contributed by atoms with Gasteiger partial charge in [0.15, 0.2) is 19.7 Å². The number of anilines is 1. The highest BCUT2D eigenvalue weighted by atomic mass is 32.2. The van der Waals surface area contributed by atoms with Crippen molar-refractivity contribution in [2.45, 2.75) is 24.0 Å². The van der Waals surface area contributed by atoms with E-state index in [1.807, 2.05) is 0 Å². The van der Waals surface area contributed by atoms with Gasteiger partial charge in [-0.3, -0.25) is 0 Å². The topological polar surface area (TPSA) is 104 Å². The summed E-state index contributed by atoms with van der Waals surface area (Å²) in [6.07, 6.45) is 0. The Kier molecular flexibility index (Phi) is 5.04. The highest BCUT2D eigenvalue weighted by Gasteiger charge is 2.24. The molecule has 2 N–H and O–H groups in total. The Bertz CT molecular complexity index is 678. The van der Waals surface area contributed by atoms with Crippen LogP contribution in [0.3, 0.4) is 0 Å². The fourth-order valence-corrected chi connectivity index (χ4v) is 4.70. The van der Waals surface area contributed by atoms with Crippen LogP contribution >= 0.6 is 0 Å². The summed E-state index contributed by atoms with van der Waals surface area (Å²) < 4.78 is 52.7. The average Bonchev–Trinajstić information content (AvgIpc) is 2.37. The minimum atomic E-state index is -3.77. The normalized spacial score (nSPS) is 12.6. The van der Waals surface area contributed by atoms with Gasteiger partial charge in [-0.1, -0.05) is 0 Å². The molecule has 0 saturated carbocycles. The first-order valence-corrected chi connectivity index (χ1v) is 9.35. The van der Waals surface area contributed by atoms with E-state index in [1.165, 1.54) is 33.1 Å². The van der Waals surface area contributed by atoms with E-state index >= 15 is 0 Å². The van der Waals surface area contributed by atoms with Crippen molar-refractivity contribution >= 4 is 25.4 Å². The van der Waals surface area contributed by atoms with Gasteiger partial charge in [-0.25, -0.2) is 16.8 Å². The number of nitrogen functional groups attached to an aromatic ring is 1. The third kappa shape index (κ3) is 3.86. The monoisotopic (exact) mass is 321 g/mol. The first-order valence-electron chi connectivity index (χ1n) is 5.98. The molecule has 114 valence electrons. The number of rotatable bonds is 6. The van der Waals surface area contributed by atoms with E-state index in [0.717, 1.165) is 0 Å². The lowest BCUT2D eigenvalue weighted by Crippen LogP contribution is -2.24. The fourth-order valence-electron chi connectivity index (χ4n) is 1.48. The largest absolute Gasteiger partial charge is 0.497 e. The van der Waals surface area contributed by atoms with Crippen LogP contribution in [-0.4, -0.2) is 40.7 Å². The first kappa shape index (κ1) is 16.8. The van der Waals surface area contributed by atoms with Gasteiger partial charge in [0.05, 0.1) is 34.4 Å². The molecule has 0 atom stereocenters. The molecule has 1 rings (SSSR count). The second-order valence-electron chi connectivity index (χ2n) is 4.64. The maximum Gasteiger partial charge on any atom is 0.181 e. The SMILES string of the molecule is COc1ccc(N)c(S(=O)(=O)CCS(=O)(=O)C(C)C)c1. The van der Waals surface area contributed by atoms with Crippen LogP contribution < -0.4 is 10.5 Å². The number of hydrogen-bond acceptors (Lipinski definition) is 6. The van der Waals surface area contributed by atoms with Crippen molar-refractivity contribution in [1.29, 1.82) is 0 Å². The molecule has 0 radical (unpaired) electrons. The molecule has 20 heavy (non-hydrogen) atoms. The molecule has 6 nitrogen and oxygen atoms in total. The van der Waals surface area contributed by atoms with Gasteiger partial charge in [0.2, 0.25) is 0 Å². The molecule has 1 aromatic carbocycles. The van der Waals surface area contributed by atoms with E-state index in [-0.39, 0.29) is 10.6 Å². The number of benzene rings is 1. The third-order valence-corrected chi connectivity index (χ3v) is 7.14. The van der Waals surface area contributed by atoms with Crippen molar-refractivity contribution in [1.82, 2.24) is 0 Å². The van der Waals surface area contributed by atoms with Crippen molar-refractivity contribution in [3.8, 4) is 5.75 Å². The Labute approximate surface area is 119 Å². The van der Waals surface area contributed by atoms with Gasteiger partial charge in [-0.05, 0) is 26.0 Å². The van der Waals surface area contributed by atoms with Crippen LogP contribution in [-0.2, 0) is 19.7 Å². The lowest BCUT2D eigenvalue weighted by Gasteiger charge is -2.11. The number of hydrogen-bond donors (Lipinski definition) is 1. The van der Waals surface area contributed by atoms with Crippen LogP contribution in [0.2, 0.25) is 0 Å². The number of ether oxygens (including phenoxy) is 1. The van der Waals surface area contributed by atoms with Gasteiger partial charge < -0.3 is 10.5 Å². The quantitative estimate of drug-likeness (QED) is 0.780. The van der Waals surface area contributed by atoms with E-state index in [0.29, 0.717) is 5.75 Å². The third-order valence-electron chi connectivity index (χ3n) is 2.91. The van der Waals surface area contributed by atoms with Crippen molar-refractivity contribution < 1.29 is 21.6 Å². The Balaban J connectivity index is 3.07. The standard InChI is InChI=1S/C12H19NO5S2/c1-9(2)19(14,15)6-7-20(16,17)12-8-10(18-3)4-5-11(12)13/h4-5,8-9H,6-7,13H2,1-3H3. The molecule has 0 spiro atoms. The highest BCUT2D eigenvalue weighted by molar-refractivity contribution is 7.95. The molecular formula is C12H19NO5S2. The Morgan fingerprint density at radius 3 is 2.25 bits per heavy atom. The van der Waals surface area contributed by atoms with Gasteiger partial charge >= 0.3 is 0 Å². The fraction of sp³-hybridized carbons (Fsp3) is 0.500. The number of sulfone groups is 2. The molecule has 0 heterocycles. The van der Waals surface area contributed by atoms with E-state index in [4.69, 9.17) is 10.5 Å². The van der Waals surface area contributed by atoms with Crippen molar-refractivity contribution in [2.24, 2.45) is 0 Å². The second-order valence-corrected chi connectivity index (χ2v) is 9.39. The molecule has 0 bridgehead atoms. The van der Waals surface area contributed by atoms with E-state index in [1.54, 1.807) is 6.07 Å². The summed E-state index contributed by atoms with van der Waals surface area (Å²) in [4.78, 5) is -0.101. The highest BCUT2D eigenvalue weighted by Crippen LogP contribution is 2.25. The summed E-state index contributed by atoms with van der Waals surface area (Å²) in [6, 6.07) is 4.26. The van der Waals surface area contributed by atoms with Gasteiger partial charge in [0.1, 0.15) is 5.75 Å². The van der Waals surface area contributed by atoms with Crippen LogP contribution in [0.1, 0.15) is 13.8 Å². The number of nitrogens with two attached hydrogens (primary N) is 1. The summed E-state index contributed by atoms with van der Waals surface area (Å²) in [5.41, 5.74) is 5.72. The Hall–Kier alpha value is -1.28. The molecule has 8 heteroatoms. The van der Waals surface area contributed by atoms with Crippen molar-refractivity contribution in [3.63, 3.8) is 0 Å². The van der Waals surface area contributed by atoms with E-state index in [2.05, 4.69) is 0 Å². The maximum atomic E-state index is 12.2. The molecule has 1 aromatic rings. The van der Waals surface area contributed by atoms with Crippen LogP contribution in [0.4, 0.5) is 5.69 Å². The predicted octanol–water partition coefficient (Wildman–Crippen LogP) is 0.874. The Morgan fingerprint density at radius 1 is 1.15 bits per heavy atom. The van der Waals surface area contributed by atoms with E-state index < -0.39 is 36.4 Å². The zero-order chi connectivity index (χ0) is 15.6. The molecule has 0 unspecified atom stereocenters. The Morgan fingerprint density at radius 2 is 1.75 bits per heavy atom. The molecular weight excluding hydrogens is 302 g/mol. The molecule has 0 aromatic heterocycles. The van der Waals surface area contributed by atoms with Gasteiger partial charge in [0, 0.05) is 6.07 Å². The molecule has 0 saturated heterocycles. The molecule has 0 aliphatic heterocycles. The second kappa shape index (κ2) is 6.01. The zero-order valence-electron chi connectivity index (χ0n) is 11.7. The zero-order valence-corrected chi connectivity index (χ0v) is 13.3.